The molecule has 0 atom stereocenters. The lowest BCUT2D eigenvalue weighted by Gasteiger charge is -2.01. The monoisotopic (exact) mass is 364 g/mol. The summed E-state index contributed by atoms with van der Waals surface area (Å²) in [7, 11) is 0. The van der Waals surface area contributed by atoms with E-state index in [9.17, 15) is 0 Å². The maximum absolute atomic E-state index is 6.01. The Bertz CT molecular complexity index is 1140. The highest BCUT2D eigenvalue weighted by Gasteiger charge is 2.20. The molecular weight excluding hydrogens is 348 g/mol. The van der Waals surface area contributed by atoms with E-state index >= 15 is 0 Å². The average Bonchev–Trinajstić information content (AvgIpc) is 3.20. The van der Waals surface area contributed by atoms with Gasteiger partial charge in [0.15, 0.2) is 11.7 Å². The van der Waals surface area contributed by atoms with Crippen LogP contribution in [0.15, 0.2) is 92.8 Å². The number of hydrogen-bond donors (Lipinski definition) is 2. The second-order valence-electron chi connectivity index (χ2n) is 6.48. The zero-order valence-electron chi connectivity index (χ0n) is 14.9. The van der Waals surface area contributed by atoms with Gasteiger partial charge >= 0.3 is 0 Å². The predicted molar refractivity (Wildman–Crippen MR) is 113 cm³/mol. The van der Waals surface area contributed by atoms with Crippen LogP contribution in [0.3, 0.4) is 0 Å². The van der Waals surface area contributed by atoms with Crippen LogP contribution in [0, 0.1) is 0 Å². The fourth-order valence-corrected chi connectivity index (χ4v) is 3.32. The van der Waals surface area contributed by atoms with Crippen molar-refractivity contribution in [3.05, 3.63) is 95.1 Å². The van der Waals surface area contributed by atoms with Crippen LogP contribution < -0.4 is 11.5 Å². The third-order valence-corrected chi connectivity index (χ3v) is 4.64. The Morgan fingerprint density at radius 3 is 1.43 bits per heavy atom. The summed E-state index contributed by atoms with van der Waals surface area (Å²) >= 11 is 0. The fourth-order valence-electron chi connectivity index (χ4n) is 3.32. The van der Waals surface area contributed by atoms with Crippen molar-refractivity contribution in [2.75, 3.05) is 0 Å². The summed E-state index contributed by atoms with van der Waals surface area (Å²) in [5.74, 6) is 2.18. The van der Waals surface area contributed by atoms with Crippen molar-refractivity contribution in [3.8, 4) is 0 Å². The van der Waals surface area contributed by atoms with E-state index in [1.807, 2.05) is 72.8 Å². The van der Waals surface area contributed by atoms with Crippen LogP contribution in [0.25, 0.3) is 0 Å². The number of nitrogens with two attached hydrogens (primary N) is 2. The van der Waals surface area contributed by atoms with Gasteiger partial charge in [0.1, 0.15) is 11.7 Å². The maximum Gasteiger partial charge on any atom is 0.162 e. The molecule has 0 aliphatic carbocycles. The molecule has 2 aliphatic rings. The molecule has 134 valence electrons. The zero-order valence-corrected chi connectivity index (χ0v) is 14.9. The maximum atomic E-state index is 6.01. The highest BCUT2D eigenvalue weighted by Crippen LogP contribution is 2.26. The summed E-state index contributed by atoms with van der Waals surface area (Å²) in [5.41, 5.74) is 17.2. The van der Waals surface area contributed by atoms with Gasteiger partial charge in [0.2, 0.25) is 0 Å². The van der Waals surface area contributed by atoms with Gasteiger partial charge in [0, 0.05) is 22.3 Å². The van der Waals surface area contributed by atoms with Gasteiger partial charge in [-0.25, -0.2) is 20.0 Å². The topological polar surface area (TPSA) is 101 Å². The third-order valence-electron chi connectivity index (χ3n) is 4.64. The Morgan fingerprint density at radius 1 is 0.536 bits per heavy atom. The van der Waals surface area contributed by atoms with Crippen LogP contribution in [0.5, 0.6) is 0 Å². The number of aliphatic imine (C=N–C) groups is 4. The van der Waals surface area contributed by atoms with Crippen molar-refractivity contribution in [1.82, 2.24) is 0 Å². The summed E-state index contributed by atoms with van der Waals surface area (Å²) in [6.45, 7) is 0. The van der Waals surface area contributed by atoms with Crippen LogP contribution in [0.2, 0.25) is 0 Å². The molecule has 3 aromatic carbocycles. The van der Waals surface area contributed by atoms with Gasteiger partial charge < -0.3 is 11.5 Å². The molecule has 0 saturated heterocycles. The number of rotatable bonds is 2. The lowest BCUT2D eigenvalue weighted by Crippen LogP contribution is -2.09. The van der Waals surface area contributed by atoms with Crippen molar-refractivity contribution >= 4 is 34.7 Å². The molecule has 0 bridgehead atoms. The van der Waals surface area contributed by atoms with E-state index in [1.54, 1.807) is 0 Å². The number of benzene rings is 3. The van der Waals surface area contributed by atoms with E-state index in [4.69, 9.17) is 11.5 Å². The van der Waals surface area contributed by atoms with Crippen LogP contribution in [-0.2, 0) is 0 Å². The van der Waals surface area contributed by atoms with Gasteiger partial charge in [-0.1, -0.05) is 54.6 Å². The molecule has 4 N–H and O–H groups in total. The molecular formula is C22H16N6. The molecule has 3 aromatic rings. The molecule has 0 amide bonds. The Balaban J connectivity index is 1.53. The van der Waals surface area contributed by atoms with Crippen molar-refractivity contribution in [3.63, 3.8) is 0 Å². The number of hydrogen-bond acceptors (Lipinski definition) is 4. The number of amidine groups is 4. The van der Waals surface area contributed by atoms with Gasteiger partial charge in [-0.2, -0.15) is 0 Å². The molecule has 5 rings (SSSR count). The van der Waals surface area contributed by atoms with Gasteiger partial charge in [-0.15, -0.1) is 0 Å². The standard InChI is InChI=1S/C22H16N6/c23-19-15-8-1-3-10-17(15)21(27-19)25-13-6-5-7-14(12-13)26-22-18-11-4-2-9-16(18)20(24)28-22/h1-12H,(H2,23,25,27)(H2,24,26,28). The Labute approximate surface area is 161 Å². The van der Waals surface area contributed by atoms with Gasteiger partial charge in [-0.3, -0.25) is 0 Å². The molecule has 6 nitrogen and oxygen atoms in total. The zero-order chi connectivity index (χ0) is 19.1. The lowest BCUT2D eigenvalue weighted by molar-refractivity contribution is 1.42. The molecule has 6 heteroatoms. The second kappa shape index (κ2) is 6.28. The Kier molecular flexibility index (Phi) is 3.62. The summed E-state index contributed by atoms with van der Waals surface area (Å²) in [6, 6.07) is 23.2. The molecule has 2 aliphatic heterocycles. The SMILES string of the molecule is NC1=NC(=Nc2cccc(N=C3N=C(N)c4ccccc43)c2)c2ccccc21. The first-order valence-corrected chi connectivity index (χ1v) is 8.84. The average molecular weight is 364 g/mol. The quantitative estimate of drug-likeness (QED) is 0.729. The minimum Gasteiger partial charge on any atom is -0.383 e. The molecule has 2 heterocycles. The molecule has 28 heavy (non-hydrogen) atoms. The Hall–Kier alpha value is -4.06. The molecule has 0 aromatic heterocycles. The summed E-state index contributed by atoms with van der Waals surface area (Å²) < 4.78 is 0. The van der Waals surface area contributed by atoms with Crippen molar-refractivity contribution in [2.24, 2.45) is 31.4 Å². The first-order valence-electron chi connectivity index (χ1n) is 8.84. The third kappa shape index (κ3) is 2.68. The molecule has 0 spiro atoms. The van der Waals surface area contributed by atoms with Gasteiger partial charge in [0.05, 0.1) is 11.4 Å². The minimum absolute atomic E-state index is 0.484. The molecule has 0 unspecified atom stereocenters. The van der Waals surface area contributed by atoms with Crippen molar-refractivity contribution in [1.29, 1.82) is 0 Å². The Morgan fingerprint density at radius 2 is 0.964 bits per heavy atom. The largest absolute Gasteiger partial charge is 0.383 e. The van der Waals surface area contributed by atoms with Crippen LogP contribution in [0.4, 0.5) is 11.4 Å². The van der Waals surface area contributed by atoms with Crippen molar-refractivity contribution < 1.29 is 0 Å². The fraction of sp³-hybridized carbons (Fsp3) is 0. The highest BCUT2D eigenvalue weighted by atomic mass is 15.0. The van der Waals surface area contributed by atoms with E-state index in [1.165, 1.54) is 0 Å². The van der Waals surface area contributed by atoms with Crippen LogP contribution >= 0.6 is 0 Å². The molecule has 0 fully saturated rings. The van der Waals surface area contributed by atoms with Gasteiger partial charge in [0.25, 0.3) is 0 Å². The van der Waals surface area contributed by atoms with Crippen LogP contribution in [0.1, 0.15) is 22.3 Å². The van der Waals surface area contributed by atoms with Crippen LogP contribution in [-0.4, -0.2) is 23.3 Å². The number of fused-ring (bicyclic) bond motifs is 2. The minimum atomic E-state index is 0.484. The smallest absolute Gasteiger partial charge is 0.162 e. The number of nitrogens with zero attached hydrogens (tertiary/aromatic N) is 4. The molecule has 0 saturated carbocycles. The van der Waals surface area contributed by atoms with E-state index in [0.29, 0.717) is 23.3 Å². The predicted octanol–water partition coefficient (Wildman–Crippen LogP) is 3.28. The molecule has 0 radical (unpaired) electrons. The first-order chi connectivity index (χ1) is 13.7. The lowest BCUT2D eigenvalue weighted by atomic mass is 10.1. The normalized spacial score (nSPS) is 17.4. The van der Waals surface area contributed by atoms with E-state index in [2.05, 4.69) is 20.0 Å². The van der Waals surface area contributed by atoms with Crippen molar-refractivity contribution in [2.45, 2.75) is 0 Å². The van der Waals surface area contributed by atoms with E-state index < -0.39 is 0 Å². The summed E-state index contributed by atoms with van der Waals surface area (Å²) in [6.07, 6.45) is 0. The highest BCUT2D eigenvalue weighted by molar-refractivity contribution is 6.23. The first kappa shape index (κ1) is 16.1. The van der Waals surface area contributed by atoms with Gasteiger partial charge in [-0.05, 0) is 18.2 Å². The summed E-state index contributed by atoms with van der Waals surface area (Å²) in [5, 5.41) is 0. The second-order valence-corrected chi connectivity index (χ2v) is 6.48. The summed E-state index contributed by atoms with van der Waals surface area (Å²) in [4.78, 5) is 18.1. The van der Waals surface area contributed by atoms with E-state index in [-0.39, 0.29) is 0 Å². The van der Waals surface area contributed by atoms with E-state index in [0.717, 1.165) is 33.6 Å².